The summed E-state index contributed by atoms with van der Waals surface area (Å²) in [6.45, 7) is 2.14. The van der Waals surface area contributed by atoms with E-state index < -0.39 is 0 Å². The van der Waals surface area contributed by atoms with Crippen LogP contribution in [0.25, 0.3) is 10.2 Å². The van der Waals surface area contributed by atoms with E-state index in [0.29, 0.717) is 6.04 Å². The lowest BCUT2D eigenvalue weighted by atomic mass is 10.0. The van der Waals surface area contributed by atoms with Crippen molar-refractivity contribution in [3.8, 4) is 0 Å². The van der Waals surface area contributed by atoms with Gasteiger partial charge in [0.2, 0.25) is 0 Å². The molecule has 0 bridgehead atoms. The Morgan fingerprint density at radius 2 is 1.95 bits per heavy atom. The van der Waals surface area contributed by atoms with Gasteiger partial charge in [0, 0.05) is 12.5 Å². The Balaban J connectivity index is 1.74. The lowest BCUT2D eigenvalue weighted by Gasteiger charge is -2.15. The van der Waals surface area contributed by atoms with E-state index in [4.69, 9.17) is 4.98 Å². The Morgan fingerprint density at radius 1 is 1.10 bits per heavy atom. The topological polar surface area (TPSA) is 24.9 Å². The average molecular weight is 296 g/mol. The van der Waals surface area contributed by atoms with Crippen molar-refractivity contribution >= 4 is 21.6 Å². The van der Waals surface area contributed by atoms with E-state index in [9.17, 15) is 0 Å². The highest BCUT2D eigenvalue weighted by molar-refractivity contribution is 7.18. The summed E-state index contributed by atoms with van der Waals surface area (Å²) in [7, 11) is 2.04. The molecule has 0 amide bonds. The van der Waals surface area contributed by atoms with Crippen LogP contribution in [0, 0.1) is 6.92 Å². The third-order valence-corrected chi connectivity index (χ3v) is 4.79. The minimum Gasteiger partial charge on any atom is -0.316 e. The van der Waals surface area contributed by atoms with Gasteiger partial charge in [0.15, 0.2) is 0 Å². The van der Waals surface area contributed by atoms with Gasteiger partial charge >= 0.3 is 0 Å². The minimum absolute atomic E-state index is 0.423. The zero-order valence-electron chi connectivity index (χ0n) is 12.5. The van der Waals surface area contributed by atoms with E-state index in [0.717, 1.165) is 18.4 Å². The number of hydrogen-bond acceptors (Lipinski definition) is 3. The van der Waals surface area contributed by atoms with Crippen molar-refractivity contribution in [2.75, 3.05) is 7.05 Å². The molecule has 0 aliphatic rings. The van der Waals surface area contributed by atoms with Gasteiger partial charge in [-0.05, 0) is 38.1 Å². The number of nitrogens with zero attached hydrogens (tertiary/aromatic N) is 1. The van der Waals surface area contributed by atoms with E-state index >= 15 is 0 Å². The van der Waals surface area contributed by atoms with Crippen LogP contribution in [-0.2, 0) is 12.8 Å². The van der Waals surface area contributed by atoms with Crippen LogP contribution in [0.15, 0.2) is 48.5 Å². The van der Waals surface area contributed by atoms with Gasteiger partial charge in [-0.15, -0.1) is 11.3 Å². The molecule has 0 spiro atoms. The van der Waals surface area contributed by atoms with Crippen molar-refractivity contribution in [2.24, 2.45) is 0 Å². The van der Waals surface area contributed by atoms with Gasteiger partial charge < -0.3 is 5.32 Å². The van der Waals surface area contributed by atoms with Crippen LogP contribution in [0.2, 0.25) is 0 Å². The molecule has 0 aliphatic carbocycles. The highest BCUT2D eigenvalue weighted by Crippen LogP contribution is 2.23. The third-order valence-electron chi connectivity index (χ3n) is 3.73. The molecular formula is C18H20N2S. The van der Waals surface area contributed by atoms with Crippen molar-refractivity contribution in [2.45, 2.75) is 25.8 Å². The third kappa shape index (κ3) is 3.49. The summed E-state index contributed by atoms with van der Waals surface area (Å²) in [5.74, 6) is 0. The largest absolute Gasteiger partial charge is 0.316 e. The second-order valence-corrected chi connectivity index (χ2v) is 6.57. The van der Waals surface area contributed by atoms with Gasteiger partial charge in [-0.25, -0.2) is 4.98 Å². The number of aromatic nitrogens is 1. The van der Waals surface area contributed by atoms with Crippen molar-refractivity contribution in [3.63, 3.8) is 0 Å². The molecule has 2 aromatic carbocycles. The molecule has 3 heteroatoms. The first-order valence-electron chi connectivity index (χ1n) is 7.32. The molecule has 1 N–H and O–H groups in total. The van der Waals surface area contributed by atoms with Gasteiger partial charge in [0.1, 0.15) is 0 Å². The summed E-state index contributed by atoms with van der Waals surface area (Å²) in [6, 6.07) is 17.5. The Hall–Kier alpha value is -1.71. The highest BCUT2D eigenvalue weighted by atomic mass is 32.1. The Bertz CT molecular complexity index is 700. The predicted octanol–water partition coefficient (Wildman–Crippen LogP) is 3.98. The smallest absolute Gasteiger partial charge is 0.0954 e. The lowest BCUT2D eigenvalue weighted by molar-refractivity contribution is 0.555. The van der Waals surface area contributed by atoms with Crippen molar-refractivity contribution in [1.82, 2.24) is 10.3 Å². The van der Waals surface area contributed by atoms with Crippen molar-refractivity contribution < 1.29 is 0 Å². The van der Waals surface area contributed by atoms with E-state index in [-0.39, 0.29) is 0 Å². The standard InChI is InChI=1S/C18H20N2S/c1-13-6-5-7-14(10-13)11-15(19-2)12-18-20-16-8-3-4-9-17(16)21-18/h3-10,15,19H,11-12H2,1-2H3. The number of benzene rings is 2. The summed E-state index contributed by atoms with van der Waals surface area (Å²) in [5, 5.41) is 4.64. The van der Waals surface area contributed by atoms with Crippen LogP contribution in [-0.4, -0.2) is 18.1 Å². The monoisotopic (exact) mass is 296 g/mol. The van der Waals surface area contributed by atoms with Crippen molar-refractivity contribution in [1.29, 1.82) is 0 Å². The second kappa shape index (κ2) is 6.37. The molecular weight excluding hydrogens is 276 g/mol. The lowest BCUT2D eigenvalue weighted by Crippen LogP contribution is -2.29. The minimum atomic E-state index is 0.423. The fraction of sp³-hybridized carbons (Fsp3) is 0.278. The SMILES string of the molecule is CNC(Cc1cccc(C)c1)Cc1nc2ccccc2s1. The summed E-state index contributed by atoms with van der Waals surface area (Å²) in [4.78, 5) is 4.74. The van der Waals surface area contributed by atoms with Crippen LogP contribution in [0.3, 0.4) is 0 Å². The van der Waals surface area contributed by atoms with Crippen molar-refractivity contribution in [3.05, 3.63) is 64.7 Å². The maximum Gasteiger partial charge on any atom is 0.0954 e. The average Bonchev–Trinajstić information content (AvgIpc) is 2.89. The van der Waals surface area contributed by atoms with E-state index in [2.05, 4.69) is 54.7 Å². The fourth-order valence-electron chi connectivity index (χ4n) is 2.62. The van der Waals surface area contributed by atoms with Crippen LogP contribution < -0.4 is 5.32 Å². The molecule has 3 aromatic rings. The molecule has 0 saturated carbocycles. The summed E-state index contributed by atoms with van der Waals surface area (Å²) in [6.07, 6.45) is 2.01. The zero-order chi connectivity index (χ0) is 14.7. The van der Waals surface area contributed by atoms with E-state index in [1.54, 1.807) is 11.3 Å². The number of nitrogens with one attached hydrogen (secondary N) is 1. The first-order chi connectivity index (χ1) is 10.2. The summed E-state index contributed by atoms with van der Waals surface area (Å²) in [5.41, 5.74) is 3.82. The Labute approximate surface area is 129 Å². The molecule has 1 atom stereocenters. The van der Waals surface area contributed by atoms with Crippen LogP contribution in [0.1, 0.15) is 16.1 Å². The molecule has 0 fully saturated rings. The molecule has 0 radical (unpaired) electrons. The maximum absolute atomic E-state index is 4.74. The molecule has 21 heavy (non-hydrogen) atoms. The number of thiazole rings is 1. The highest BCUT2D eigenvalue weighted by Gasteiger charge is 2.12. The number of aryl methyl sites for hydroxylation is 1. The van der Waals surface area contributed by atoms with Gasteiger partial charge in [-0.3, -0.25) is 0 Å². The number of hydrogen-bond donors (Lipinski definition) is 1. The van der Waals surface area contributed by atoms with E-state index in [1.165, 1.54) is 20.8 Å². The molecule has 2 nitrogen and oxygen atoms in total. The summed E-state index contributed by atoms with van der Waals surface area (Å²) >= 11 is 1.80. The zero-order valence-corrected chi connectivity index (χ0v) is 13.3. The number of rotatable bonds is 5. The van der Waals surface area contributed by atoms with Gasteiger partial charge in [0.25, 0.3) is 0 Å². The summed E-state index contributed by atoms with van der Waals surface area (Å²) < 4.78 is 1.28. The normalized spacial score (nSPS) is 12.7. The van der Waals surface area contributed by atoms with Crippen LogP contribution >= 0.6 is 11.3 Å². The maximum atomic E-state index is 4.74. The predicted molar refractivity (Wildman–Crippen MR) is 91.1 cm³/mol. The number of para-hydroxylation sites is 1. The van der Waals surface area contributed by atoms with Gasteiger partial charge in [-0.1, -0.05) is 42.0 Å². The first-order valence-corrected chi connectivity index (χ1v) is 8.13. The molecule has 108 valence electrons. The molecule has 1 unspecified atom stereocenters. The van der Waals surface area contributed by atoms with Crippen LogP contribution in [0.5, 0.6) is 0 Å². The van der Waals surface area contributed by atoms with E-state index in [1.807, 2.05) is 13.1 Å². The Kier molecular flexibility index (Phi) is 4.32. The fourth-order valence-corrected chi connectivity index (χ4v) is 3.67. The van der Waals surface area contributed by atoms with Gasteiger partial charge in [0.05, 0.1) is 15.2 Å². The molecule has 0 saturated heterocycles. The molecule has 1 aromatic heterocycles. The molecule has 1 heterocycles. The molecule has 3 rings (SSSR count). The quantitative estimate of drug-likeness (QED) is 0.770. The second-order valence-electron chi connectivity index (χ2n) is 5.46. The Morgan fingerprint density at radius 3 is 2.71 bits per heavy atom. The number of fused-ring (bicyclic) bond motifs is 1. The van der Waals surface area contributed by atoms with Gasteiger partial charge in [-0.2, -0.15) is 0 Å². The number of likely N-dealkylation sites (N-methyl/N-ethyl adjacent to an activating group) is 1. The molecule has 0 aliphatic heterocycles. The van der Waals surface area contributed by atoms with Crippen LogP contribution in [0.4, 0.5) is 0 Å². The first kappa shape index (κ1) is 14.2.